The van der Waals surface area contributed by atoms with Gasteiger partial charge >= 0.3 is 0 Å². The highest BCUT2D eigenvalue weighted by atomic mass is 32.2. The molecule has 168 valence electrons. The number of anilines is 1. The molecule has 0 fully saturated rings. The molecular weight excluding hydrogens is 438 g/mol. The first-order chi connectivity index (χ1) is 16.1. The highest BCUT2D eigenvalue weighted by Gasteiger charge is 2.20. The molecule has 1 aromatic heterocycles. The third-order valence-electron chi connectivity index (χ3n) is 4.59. The molecule has 1 N–H and O–H groups in total. The molecule has 0 aliphatic heterocycles. The lowest BCUT2D eigenvalue weighted by atomic mass is 10.3. The summed E-state index contributed by atoms with van der Waals surface area (Å²) in [6.07, 6.45) is 0. The van der Waals surface area contributed by atoms with E-state index in [1.54, 1.807) is 23.7 Å². The summed E-state index contributed by atoms with van der Waals surface area (Å²) >= 11 is 1.27. The van der Waals surface area contributed by atoms with E-state index >= 15 is 0 Å². The van der Waals surface area contributed by atoms with E-state index in [2.05, 4.69) is 20.8 Å². The maximum absolute atomic E-state index is 12.8. The topological polar surface area (TPSA) is 91.2 Å². The molecule has 9 heteroatoms. The van der Waals surface area contributed by atoms with Crippen LogP contribution in [0, 0.1) is 0 Å². The lowest BCUT2D eigenvalue weighted by molar-refractivity contribution is -0.115. The van der Waals surface area contributed by atoms with Crippen LogP contribution in [0.15, 0.2) is 84.0 Å². The Kier molecular flexibility index (Phi) is 7.21. The molecule has 1 heterocycles. The van der Waals surface area contributed by atoms with E-state index in [-0.39, 0.29) is 5.91 Å². The molecule has 1 unspecified atom stereocenters. The number of nitrogens with one attached hydrogen (secondary N) is 1. The maximum atomic E-state index is 12.8. The van der Waals surface area contributed by atoms with Gasteiger partial charge in [0.05, 0.1) is 11.9 Å². The zero-order chi connectivity index (χ0) is 23.0. The minimum atomic E-state index is -0.436. The monoisotopic (exact) mass is 461 g/mol. The lowest BCUT2D eigenvalue weighted by Gasteiger charge is -2.13. The van der Waals surface area contributed by atoms with Crippen LogP contribution in [-0.4, -0.2) is 38.0 Å². The number of thioether (sulfide) groups is 1. The molecule has 3 aromatic carbocycles. The average molecular weight is 462 g/mol. The van der Waals surface area contributed by atoms with E-state index in [0.29, 0.717) is 34.6 Å². The van der Waals surface area contributed by atoms with Crippen LogP contribution >= 0.6 is 11.8 Å². The molecular formula is C24H23N5O3S. The van der Waals surface area contributed by atoms with E-state index in [1.807, 2.05) is 73.7 Å². The Morgan fingerprint density at radius 2 is 1.70 bits per heavy atom. The summed E-state index contributed by atoms with van der Waals surface area (Å²) in [6.45, 7) is 4.24. The van der Waals surface area contributed by atoms with E-state index in [0.717, 1.165) is 5.75 Å². The number of para-hydroxylation sites is 3. The number of aromatic nitrogens is 4. The standard InChI is InChI=1S/C24H23N5O3S/c1-3-31-22-12-8-7-11-21(22)29-24(26-27-28-29)33-17(2)23(30)25-18-13-15-20(16-14-18)32-19-9-5-4-6-10-19/h4-17H,3H2,1-2H3,(H,25,30). The lowest BCUT2D eigenvalue weighted by Crippen LogP contribution is -2.22. The largest absolute Gasteiger partial charge is 0.492 e. The number of carbonyl (C=O) groups is 1. The van der Waals surface area contributed by atoms with Crippen molar-refractivity contribution in [1.82, 2.24) is 20.2 Å². The smallest absolute Gasteiger partial charge is 0.237 e. The van der Waals surface area contributed by atoms with Gasteiger partial charge in [-0.25, -0.2) is 0 Å². The van der Waals surface area contributed by atoms with E-state index in [4.69, 9.17) is 9.47 Å². The zero-order valence-electron chi connectivity index (χ0n) is 18.2. The fourth-order valence-corrected chi connectivity index (χ4v) is 3.80. The van der Waals surface area contributed by atoms with Crippen LogP contribution in [0.4, 0.5) is 5.69 Å². The number of tetrazole rings is 1. The van der Waals surface area contributed by atoms with Gasteiger partial charge in [-0.05, 0) is 72.8 Å². The number of benzene rings is 3. The molecule has 8 nitrogen and oxygen atoms in total. The van der Waals surface area contributed by atoms with Crippen molar-refractivity contribution < 1.29 is 14.3 Å². The third-order valence-corrected chi connectivity index (χ3v) is 5.62. The molecule has 0 bridgehead atoms. The summed E-state index contributed by atoms with van der Waals surface area (Å²) in [5.74, 6) is 1.95. The van der Waals surface area contributed by atoms with Crippen molar-refractivity contribution in [2.45, 2.75) is 24.3 Å². The van der Waals surface area contributed by atoms with Crippen LogP contribution in [0.5, 0.6) is 17.2 Å². The number of rotatable bonds is 9. The van der Waals surface area contributed by atoms with Crippen molar-refractivity contribution in [3.05, 3.63) is 78.9 Å². The fourth-order valence-electron chi connectivity index (χ4n) is 3.00. The van der Waals surface area contributed by atoms with Crippen LogP contribution in [0.3, 0.4) is 0 Å². The van der Waals surface area contributed by atoms with Gasteiger partial charge in [0.15, 0.2) is 0 Å². The van der Waals surface area contributed by atoms with Gasteiger partial charge < -0.3 is 14.8 Å². The molecule has 0 aliphatic rings. The van der Waals surface area contributed by atoms with Crippen LogP contribution in [0.2, 0.25) is 0 Å². The van der Waals surface area contributed by atoms with Gasteiger partial charge in [0, 0.05) is 5.69 Å². The summed E-state index contributed by atoms with van der Waals surface area (Å²) in [4.78, 5) is 12.8. The summed E-state index contributed by atoms with van der Waals surface area (Å²) in [5, 5.41) is 14.9. The first kappa shape index (κ1) is 22.3. The van der Waals surface area contributed by atoms with Crippen molar-refractivity contribution in [2.75, 3.05) is 11.9 Å². The molecule has 4 aromatic rings. The van der Waals surface area contributed by atoms with Crippen molar-refractivity contribution in [3.63, 3.8) is 0 Å². The fraction of sp³-hybridized carbons (Fsp3) is 0.167. The van der Waals surface area contributed by atoms with E-state index in [1.165, 1.54) is 11.8 Å². The minimum Gasteiger partial charge on any atom is -0.492 e. The number of ether oxygens (including phenoxy) is 2. The quantitative estimate of drug-likeness (QED) is 0.352. The summed E-state index contributed by atoms with van der Waals surface area (Å²) < 4.78 is 13.0. The summed E-state index contributed by atoms with van der Waals surface area (Å²) in [7, 11) is 0. The number of nitrogens with zero attached hydrogens (tertiary/aromatic N) is 4. The van der Waals surface area contributed by atoms with Crippen LogP contribution in [-0.2, 0) is 4.79 Å². The van der Waals surface area contributed by atoms with Gasteiger partial charge in [0.1, 0.15) is 22.9 Å². The molecule has 0 spiro atoms. The first-order valence-corrected chi connectivity index (χ1v) is 11.3. The highest BCUT2D eigenvalue weighted by molar-refractivity contribution is 8.00. The molecule has 1 atom stereocenters. The highest BCUT2D eigenvalue weighted by Crippen LogP contribution is 2.29. The van der Waals surface area contributed by atoms with Gasteiger partial charge in [-0.1, -0.05) is 42.1 Å². The minimum absolute atomic E-state index is 0.163. The molecule has 4 rings (SSSR count). The van der Waals surface area contributed by atoms with Gasteiger partial charge in [-0.3, -0.25) is 4.79 Å². The Morgan fingerprint density at radius 3 is 2.45 bits per heavy atom. The van der Waals surface area contributed by atoms with E-state index < -0.39 is 5.25 Å². The predicted molar refractivity (Wildman–Crippen MR) is 127 cm³/mol. The number of hydrogen-bond donors (Lipinski definition) is 1. The number of hydrogen-bond acceptors (Lipinski definition) is 7. The van der Waals surface area contributed by atoms with Gasteiger partial charge in [0.25, 0.3) is 0 Å². The van der Waals surface area contributed by atoms with Crippen LogP contribution < -0.4 is 14.8 Å². The first-order valence-electron chi connectivity index (χ1n) is 10.4. The summed E-state index contributed by atoms with van der Waals surface area (Å²) in [6, 6.07) is 24.2. The van der Waals surface area contributed by atoms with Crippen molar-refractivity contribution in [3.8, 4) is 22.9 Å². The Bertz CT molecular complexity index is 1200. The van der Waals surface area contributed by atoms with Crippen molar-refractivity contribution in [2.24, 2.45) is 0 Å². The maximum Gasteiger partial charge on any atom is 0.237 e. The Morgan fingerprint density at radius 1 is 1.00 bits per heavy atom. The molecule has 0 saturated carbocycles. The second-order valence-electron chi connectivity index (χ2n) is 6.96. The van der Waals surface area contributed by atoms with Crippen molar-refractivity contribution in [1.29, 1.82) is 0 Å². The molecule has 0 saturated heterocycles. The van der Waals surface area contributed by atoms with Crippen LogP contribution in [0.1, 0.15) is 13.8 Å². The van der Waals surface area contributed by atoms with Crippen molar-refractivity contribution >= 4 is 23.4 Å². The second kappa shape index (κ2) is 10.6. The molecule has 1 amide bonds. The van der Waals surface area contributed by atoms with Crippen LogP contribution in [0.25, 0.3) is 5.69 Å². The third kappa shape index (κ3) is 5.69. The van der Waals surface area contributed by atoms with E-state index in [9.17, 15) is 4.79 Å². The Hall–Kier alpha value is -3.85. The zero-order valence-corrected chi connectivity index (χ0v) is 19.0. The summed E-state index contributed by atoms with van der Waals surface area (Å²) in [5.41, 5.74) is 1.39. The Balaban J connectivity index is 1.40. The Labute approximate surface area is 195 Å². The van der Waals surface area contributed by atoms with Gasteiger partial charge in [-0.2, -0.15) is 4.68 Å². The SMILES string of the molecule is CCOc1ccccc1-n1nnnc1SC(C)C(=O)Nc1ccc(Oc2ccccc2)cc1. The second-order valence-corrected chi connectivity index (χ2v) is 8.27. The number of carbonyl (C=O) groups excluding carboxylic acids is 1. The molecule has 0 aliphatic carbocycles. The molecule has 0 radical (unpaired) electrons. The number of amides is 1. The molecule has 33 heavy (non-hydrogen) atoms. The van der Waals surface area contributed by atoms with Gasteiger partial charge in [0.2, 0.25) is 11.1 Å². The average Bonchev–Trinajstić information content (AvgIpc) is 3.29. The predicted octanol–water partition coefficient (Wildman–Crippen LogP) is 4.97. The van der Waals surface area contributed by atoms with Gasteiger partial charge in [-0.15, -0.1) is 5.10 Å². The normalized spacial score (nSPS) is 11.6.